The normalized spacial score (nSPS) is 11.9. The number of nitrogens with one attached hydrogen (secondary N) is 1. The average molecular weight is 320 g/mol. The molecule has 5 heteroatoms. The van der Waals surface area contributed by atoms with Crippen molar-refractivity contribution in [2.24, 2.45) is 0 Å². The highest BCUT2D eigenvalue weighted by Gasteiger charge is 2.14. The molecule has 0 saturated carbocycles. The van der Waals surface area contributed by atoms with Gasteiger partial charge in [0.05, 0.1) is 25.1 Å². The molecule has 0 saturated heterocycles. The number of hydrogen-bond acceptors (Lipinski definition) is 3. The summed E-state index contributed by atoms with van der Waals surface area (Å²) in [5.41, 5.74) is 1.77. The molecule has 1 N–H and O–H groups in total. The predicted molar refractivity (Wildman–Crippen MR) is 76.9 cm³/mol. The summed E-state index contributed by atoms with van der Waals surface area (Å²) in [7, 11) is 1.63. The van der Waals surface area contributed by atoms with E-state index in [1.54, 1.807) is 13.3 Å². The summed E-state index contributed by atoms with van der Waals surface area (Å²) in [6.07, 6.45) is 2.47. The van der Waals surface area contributed by atoms with Crippen LogP contribution in [0.5, 0.6) is 5.75 Å². The van der Waals surface area contributed by atoms with Crippen LogP contribution in [0.4, 0.5) is 0 Å². The number of hydrogen-bond donors (Lipinski definition) is 1. The third-order valence-electron chi connectivity index (χ3n) is 2.94. The first-order chi connectivity index (χ1) is 9.19. The van der Waals surface area contributed by atoms with Crippen LogP contribution in [-0.4, -0.2) is 17.1 Å². The average Bonchev–Trinajstić information content (AvgIpc) is 2.89. The molecule has 0 amide bonds. The zero-order valence-electron chi connectivity index (χ0n) is 10.8. The number of aromatic nitrogens is 2. The largest absolute Gasteiger partial charge is 0.496 e. The number of nitriles is 1. The maximum absolute atomic E-state index is 9.06. The standard InChI is InChI=1S/C14H14BrN3O/c1-3-9(7-16)14-17-8-12(18-14)11-6-10(15)4-5-13(11)19-2/h4-6,8-9H,3H2,1-2H3,(H,17,18). The Kier molecular flexibility index (Phi) is 4.23. The SMILES string of the molecule is CCC(C#N)c1ncc(-c2cc(Br)ccc2OC)[nH]1. The number of imidazole rings is 1. The lowest BCUT2D eigenvalue weighted by molar-refractivity contribution is 0.416. The Morgan fingerprint density at radius 3 is 2.95 bits per heavy atom. The molecule has 19 heavy (non-hydrogen) atoms. The summed E-state index contributed by atoms with van der Waals surface area (Å²) in [6, 6.07) is 8.01. The zero-order chi connectivity index (χ0) is 13.8. The van der Waals surface area contributed by atoms with Crippen molar-refractivity contribution < 1.29 is 4.74 Å². The highest BCUT2D eigenvalue weighted by molar-refractivity contribution is 9.10. The van der Waals surface area contributed by atoms with Crippen LogP contribution in [0.1, 0.15) is 25.1 Å². The molecule has 98 valence electrons. The summed E-state index contributed by atoms with van der Waals surface area (Å²) in [6.45, 7) is 1.97. The molecule has 1 aromatic carbocycles. The molecular weight excluding hydrogens is 306 g/mol. The highest BCUT2D eigenvalue weighted by atomic mass is 79.9. The van der Waals surface area contributed by atoms with Crippen molar-refractivity contribution >= 4 is 15.9 Å². The van der Waals surface area contributed by atoms with Crippen molar-refractivity contribution in [2.45, 2.75) is 19.3 Å². The minimum Gasteiger partial charge on any atom is -0.496 e. The van der Waals surface area contributed by atoms with E-state index in [9.17, 15) is 0 Å². The topological polar surface area (TPSA) is 61.7 Å². The quantitative estimate of drug-likeness (QED) is 0.930. The fourth-order valence-electron chi connectivity index (χ4n) is 1.89. The molecular formula is C14H14BrN3O. The monoisotopic (exact) mass is 319 g/mol. The Morgan fingerprint density at radius 2 is 2.32 bits per heavy atom. The first-order valence-electron chi connectivity index (χ1n) is 5.98. The number of halogens is 1. The van der Waals surface area contributed by atoms with E-state index >= 15 is 0 Å². The molecule has 1 unspecified atom stereocenters. The van der Waals surface area contributed by atoms with Gasteiger partial charge in [-0.2, -0.15) is 5.26 Å². The molecule has 0 radical (unpaired) electrons. The van der Waals surface area contributed by atoms with E-state index in [0.29, 0.717) is 5.82 Å². The van der Waals surface area contributed by atoms with Gasteiger partial charge in [-0.3, -0.25) is 0 Å². The number of methoxy groups -OCH3 is 1. The van der Waals surface area contributed by atoms with Crippen LogP contribution >= 0.6 is 15.9 Å². The van der Waals surface area contributed by atoms with Gasteiger partial charge in [0.25, 0.3) is 0 Å². The molecule has 2 rings (SSSR count). The number of H-pyrrole nitrogens is 1. The van der Waals surface area contributed by atoms with E-state index in [-0.39, 0.29) is 5.92 Å². The van der Waals surface area contributed by atoms with Crippen LogP contribution in [0, 0.1) is 11.3 Å². The van der Waals surface area contributed by atoms with Crippen LogP contribution in [0.15, 0.2) is 28.9 Å². The van der Waals surface area contributed by atoms with Gasteiger partial charge in [-0.25, -0.2) is 4.98 Å². The van der Waals surface area contributed by atoms with Gasteiger partial charge in [0.2, 0.25) is 0 Å². The highest BCUT2D eigenvalue weighted by Crippen LogP contribution is 2.32. The lowest BCUT2D eigenvalue weighted by Crippen LogP contribution is -1.96. The molecule has 0 bridgehead atoms. The van der Waals surface area contributed by atoms with Gasteiger partial charge < -0.3 is 9.72 Å². The van der Waals surface area contributed by atoms with E-state index in [1.807, 2.05) is 25.1 Å². The fourth-order valence-corrected chi connectivity index (χ4v) is 2.25. The second-order valence-corrected chi connectivity index (χ2v) is 5.03. The van der Waals surface area contributed by atoms with Crippen LogP contribution in [-0.2, 0) is 0 Å². The predicted octanol–water partition coefficient (Wildman–Crippen LogP) is 3.86. The number of benzene rings is 1. The molecule has 1 atom stereocenters. The maximum Gasteiger partial charge on any atom is 0.128 e. The van der Waals surface area contributed by atoms with E-state index in [2.05, 4.69) is 32.0 Å². The van der Waals surface area contributed by atoms with Crippen molar-refractivity contribution in [1.29, 1.82) is 5.26 Å². The van der Waals surface area contributed by atoms with E-state index in [0.717, 1.165) is 27.9 Å². The van der Waals surface area contributed by atoms with Gasteiger partial charge in [0.1, 0.15) is 17.5 Å². The molecule has 0 aliphatic rings. The van der Waals surface area contributed by atoms with Gasteiger partial charge in [-0.1, -0.05) is 22.9 Å². The molecule has 0 aliphatic heterocycles. The van der Waals surface area contributed by atoms with Crippen LogP contribution < -0.4 is 4.74 Å². The van der Waals surface area contributed by atoms with Gasteiger partial charge in [0, 0.05) is 10.0 Å². The van der Waals surface area contributed by atoms with E-state index < -0.39 is 0 Å². The Morgan fingerprint density at radius 1 is 1.53 bits per heavy atom. The van der Waals surface area contributed by atoms with Gasteiger partial charge in [-0.15, -0.1) is 0 Å². The Labute approximate surface area is 120 Å². The lowest BCUT2D eigenvalue weighted by atomic mass is 10.1. The number of ether oxygens (including phenoxy) is 1. The van der Waals surface area contributed by atoms with Crippen molar-refractivity contribution in [3.05, 3.63) is 34.7 Å². The molecule has 4 nitrogen and oxygen atoms in total. The summed E-state index contributed by atoms with van der Waals surface area (Å²) in [5, 5.41) is 9.06. The second kappa shape index (κ2) is 5.89. The number of rotatable bonds is 4. The van der Waals surface area contributed by atoms with Gasteiger partial charge in [0.15, 0.2) is 0 Å². The third-order valence-corrected chi connectivity index (χ3v) is 3.43. The first-order valence-corrected chi connectivity index (χ1v) is 6.77. The van der Waals surface area contributed by atoms with Crippen molar-refractivity contribution in [1.82, 2.24) is 9.97 Å². The first kappa shape index (κ1) is 13.6. The molecule has 1 heterocycles. The summed E-state index contributed by atoms with van der Waals surface area (Å²) in [4.78, 5) is 7.49. The molecule has 2 aromatic rings. The maximum atomic E-state index is 9.06. The molecule has 0 spiro atoms. The van der Waals surface area contributed by atoms with Crippen LogP contribution in [0.3, 0.4) is 0 Å². The summed E-state index contributed by atoms with van der Waals surface area (Å²) in [5.74, 6) is 1.26. The van der Waals surface area contributed by atoms with Gasteiger partial charge >= 0.3 is 0 Å². The second-order valence-electron chi connectivity index (χ2n) is 4.12. The van der Waals surface area contributed by atoms with Crippen molar-refractivity contribution in [2.75, 3.05) is 7.11 Å². The Bertz CT molecular complexity index is 615. The lowest BCUT2D eigenvalue weighted by Gasteiger charge is -2.07. The minimum absolute atomic E-state index is 0.202. The molecule has 1 aromatic heterocycles. The van der Waals surface area contributed by atoms with Crippen molar-refractivity contribution in [3.63, 3.8) is 0 Å². The zero-order valence-corrected chi connectivity index (χ0v) is 12.4. The fraction of sp³-hybridized carbons (Fsp3) is 0.286. The number of aromatic amines is 1. The van der Waals surface area contributed by atoms with Crippen LogP contribution in [0.25, 0.3) is 11.3 Å². The minimum atomic E-state index is -0.202. The molecule has 0 aliphatic carbocycles. The smallest absolute Gasteiger partial charge is 0.128 e. The van der Waals surface area contributed by atoms with Crippen LogP contribution in [0.2, 0.25) is 0 Å². The Hall–Kier alpha value is -1.80. The molecule has 0 fully saturated rings. The van der Waals surface area contributed by atoms with Gasteiger partial charge in [-0.05, 0) is 24.6 Å². The van der Waals surface area contributed by atoms with E-state index in [1.165, 1.54) is 0 Å². The third kappa shape index (κ3) is 2.79. The van der Waals surface area contributed by atoms with E-state index in [4.69, 9.17) is 10.00 Å². The summed E-state index contributed by atoms with van der Waals surface area (Å²) >= 11 is 3.44. The number of nitrogens with zero attached hydrogens (tertiary/aromatic N) is 2. The van der Waals surface area contributed by atoms with Crippen molar-refractivity contribution in [3.8, 4) is 23.1 Å². The Balaban J connectivity index is 2.43. The summed E-state index contributed by atoms with van der Waals surface area (Å²) < 4.78 is 6.31.